The molecular formula is C33H32N2O5S. The van der Waals surface area contributed by atoms with Gasteiger partial charge in [-0.25, -0.2) is 0 Å². The Balaban J connectivity index is 1.32. The van der Waals surface area contributed by atoms with Crippen molar-refractivity contribution >= 4 is 35.0 Å². The normalized spacial score (nSPS) is 18.4. The van der Waals surface area contributed by atoms with Crippen molar-refractivity contribution in [3.05, 3.63) is 125 Å². The lowest BCUT2D eigenvalue weighted by Gasteiger charge is -2.36. The molecule has 0 saturated carbocycles. The third-order valence-corrected chi connectivity index (χ3v) is 7.82. The van der Waals surface area contributed by atoms with Crippen molar-refractivity contribution in [3.63, 3.8) is 0 Å². The Morgan fingerprint density at radius 1 is 0.829 bits per heavy atom. The highest BCUT2D eigenvalue weighted by Gasteiger charge is 2.32. The van der Waals surface area contributed by atoms with Gasteiger partial charge in [-0.15, -0.1) is 11.8 Å². The summed E-state index contributed by atoms with van der Waals surface area (Å²) in [7, 11) is 0. The van der Waals surface area contributed by atoms with Crippen LogP contribution in [0.15, 0.2) is 108 Å². The maximum atomic E-state index is 12.7. The summed E-state index contributed by atoms with van der Waals surface area (Å²) in [5, 5.41) is 15.2. The summed E-state index contributed by atoms with van der Waals surface area (Å²) in [4.78, 5) is 25.1. The van der Waals surface area contributed by atoms with E-state index in [1.807, 2.05) is 91.0 Å². The predicted octanol–water partition coefficient (Wildman–Crippen LogP) is 6.73. The van der Waals surface area contributed by atoms with Crippen LogP contribution in [0.4, 0.5) is 11.4 Å². The molecule has 4 aromatic rings. The fourth-order valence-electron chi connectivity index (χ4n) is 4.61. The van der Waals surface area contributed by atoms with Gasteiger partial charge >= 0.3 is 0 Å². The molecule has 7 nitrogen and oxygen atoms in total. The van der Waals surface area contributed by atoms with E-state index < -0.39 is 6.29 Å². The number of amides is 2. The average molecular weight is 569 g/mol. The Hall–Kier alpha value is -3.95. The summed E-state index contributed by atoms with van der Waals surface area (Å²) in [5.41, 5.74) is 4.66. The van der Waals surface area contributed by atoms with Gasteiger partial charge in [0, 0.05) is 46.5 Å². The summed E-state index contributed by atoms with van der Waals surface area (Å²) in [6.07, 6.45) is -0.292. The van der Waals surface area contributed by atoms with Crippen LogP contribution in [0.2, 0.25) is 0 Å². The van der Waals surface area contributed by atoms with Gasteiger partial charge in [-0.1, -0.05) is 54.6 Å². The van der Waals surface area contributed by atoms with Gasteiger partial charge in [0.1, 0.15) is 0 Å². The Kier molecular flexibility index (Phi) is 9.48. The molecule has 0 aromatic heterocycles. The van der Waals surface area contributed by atoms with Gasteiger partial charge in [0.15, 0.2) is 6.29 Å². The van der Waals surface area contributed by atoms with Gasteiger partial charge in [0.25, 0.3) is 5.91 Å². The molecule has 8 heteroatoms. The fraction of sp³-hybridized carbons (Fsp3) is 0.212. The standard InChI is InChI=1S/C33H32N2O5S/c1-22(37)34-27-14-16-30(17-15-27)41-21-29-19-31(24-12-10-23(20-36)11-13-24)40-33(39-29)26-8-5-9-28(18-26)35-32(38)25-6-3-2-4-7-25/h2-18,29,31,33,36H,19-21H2,1H3,(H,34,37)(H,35,38). The number of carbonyl (C=O) groups excluding carboxylic acids is 2. The van der Waals surface area contributed by atoms with Gasteiger partial charge < -0.3 is 25.2 Å². The van der Waals surface area contributed by atoms with E-state index in [2.05, 4.69) is 10.6 Å². The SMILES string of the molecule is CC(=O)Nc1ccc(SCC2CC(c3ccc(CO)cc3)OC(c3cccc(NC(=O)c4ccccc4)c3)O2)cc1. The van der Waals surface area contributed by atoms with E-state index in [4.69, 9.17) is 9.47 Å². The highest BCUT2D eigenvalue weighted by atomic mass is 32.2. The Labute approximate surface area is 243 Å². The van der Waals surface area contributed by atoms with Crippen LogP contribution < -0.4 is 10.6 Å². The van der Waals surface area contributed by atoms with Crippen LogP contribution in [-0.2, 0) is 20.9 Å². The van der Waals surface area contributed by atoms with Gasteiger partial charge in [0.2, 0.25) is 5.91 Å². The lowest BCUT2D eigenvalue weighted by atomic mass is 10.0. The van der Waals surface area contributed by atoms with Gasteiger partial charge in [0.05, 0.1) is 18.8 Å². The predicted molar refractivity (Wildman–Crippen MR) is 161 cm³/mol. The molecule has 3 N–H and O–H groups in total. The molecule has 3 atom stereocenters. The molecule has 0 radical (unpaired) electrons. The zero-order valence-electron chi connectivity index (χ0n) is 22.7. The lowest BCUT2D eigenvalue weighted by molar-refractivity contribution is -0.245. The number of hydrogen-bond donors (Lipinski definition) is 3. The maximum Gasteiger partial charge on any atom is 0.255 e. The van der Waals surface area contributed by atoms with Crippen molar-refractivity contribution in [1.82, 2.24) is 0 Å². The maximum absolute atomic E-state index is 12.7. The Morgan fingerprint density at radius 2 is 1.59 bits per heavy atom. The van der Waals surface area contributed by atoms with Crippen molar-refractivity contribution in [2.75, 3.05) is 16.4 Å². The van der Waals surface area contributed by atoms with Crippen LogP contribution in [0.25, 0.3) is 0 Å². The number of thioether (sulfide) groups is 1. The molecule has 1 heterocycles. The number of anilines is 2. The van der Waals surface area contributed by atoms with Crippen molar-refractivity contribution in [1.29, 1.82) is 0 Å². The molecule has 210 valence electrons. The number of aliphatic hydroxyl groups is 1. The van der Waals surface area contributed by atoms with Crippen molar-refractivity contribution in [3.8, 4) is 0 Å². The molecule has 5 rings (SSSR count). The lowest BCUT2D eigenvalue weighted by Crippen LogP contribution is -2.31. The molecule has 41 heavy (non-hydrogen) atoms. The van der Waals surface area contributed by atoms with Crippen LogP contribution in [0.1, 0.15) is 52.8 Å². The van der Waals surface area contributed by atoms with E-state index in [9.17, 15) is 14.7 Å². The molecule has 1 aliphatic heterocycles. The smallest absolute Gasteiger partial charge is 0.255 e. The summed E-state index contributed by atoms with van der Waals surface area (Å²) >= 11 is 1.68. The Morgan fingerprint density at radius 3 is 2.29 bits per heavy atom. The van der Waals surface area contributed by atoms with Crippen molar-refractivity contribution in [2.24, 2.45) is 0 Å². The summed E-state index contributed by atoms with van der Waals surface area (Å²) in [5.74, 6) is 0.414. The van der Waals surface area contributed by atoms with Crippen LogP contribution >= 0.6 is 11.8 Å². The third kappa shape index (κ3) is 7.83. The average Bonchev–Trinajstić information content (AvgIpc) is 3.01. The van der Waals surface area contributed by atoms with Gasteiger partial charge in [-0.2, -0.15) is 0 Å². The highest BCUT2D eigenvalue weighted by molar-refractivity contribution is 7.99. The molecule has 1 aliphatic rings. The van der Waals surface area contributed by atoms with E-state index in [0.29, 0.717) is 23.4 Å². The summed E-state index contributed by atoms with van der Waals surface area (Å²) < 4.78 is 12.9. The van der Waals surface area contributed by atoms with Crippen molar-refractivity contribution in [2.45, 2.75) is 43.3 Å². The van der Waals surface area contributed by atoms with Gasteiger partial charge in [-0.3, -0.25) is 9.59 Å². The molecule has 0 bridgehead atoms. The topological polar surface area (TPSA) is 96.9 Å². The molecule has 3 unspecified atom stereocenters. The molecule has 4 aromatic carbocycles. The second-order valence-corrected chi connectivity index (χ2v) is 10.9. The number of hydrogen-bond acceptors (Lipinski definition) is 6. The monoisotopic (exact) mass is 568 g/mol. The first-order chi connectivity index (χ1) is 20.0. The first-order valence-corrected chi connectivity index (χ1v) is 14.4. The molecule has 2 amide bonds. The number of carbonyl (C=O) groups is 2. The number of nitrogens with one attached hydrogen (secondary N) is 2. The first kappa shape index (κ1) is 28.6. The molecule has 0 aliphatic carbocycles. The number of aliphatic hydroxyl groups excluding tert-OH is 1. The third-order valence-electron chi connectivity index (χ3n) is 6.68. The van der Waals surface area contributed by atoms with Crippen LogP contribution in [0.3, 0.4) is 0 Å². The second kappa shape index (κ2) is 13.6. The Bertz CT molecular complexity index is 1460. The van der Waals surface area contributed by atoms with E-state index in [0.717, 1.165) is 27.3 Å². The van der Waals surface area contributed by atoms with Crippen LogP contribution in [-0.4, -0.2) is 28.8 Å². The van der Waals surface area contributed by atoms with E-state index in [1.54, 1.807) is 23.9 Å². The molecule has 1 fully saturated rings. The molecular weight excluding hydrogens is 536 g/mol. The minimum atomic E-state index is -0.632. The van der Waals surface area contributed by atoms with Gasteiger partial charge in [-0.05, 0) is 59.7 Å². The van der Waals surface area contributed by atoms with Crippen LogP contribution in [0, 0.1) is 0 Å². The summed E-state index contributed by atoms with van der Waals surface area (Å²) in [6, 6.07) is 32.1. The van der Waals surface area contributed by atoms with Crippen molar-refractivity contribution < 1.29 is 24.2 Å². The molecule has 1 saturated heterocycles. The zero-order valence-corrected chi connectivity index (χ0v) is 23.5. The van der Waals surface area contributed by atoms with E-state index in [-0.39, 0.29) is 30.6 Å². The first-order valence-electron chi connectivity index (χ1n) is 13.4. The zero-order chi connectivity index (χ0) is 28.6. The number of benzene rings is 4. The van der Waals surface area contributed by atoms with Crippen LogP contribution in [0.5, 0.6) is 0 Å². The largest absolute Gasteiger partial charge is 0.392 e. The quantitative estimate of drug-likeness (QED) is 0.194. The minimum Gasteiger partial charge on any atom is -0.392 e. The van der Waals surface area contributed by atoms with E-state index in [1.165, 1.54) is 6.92 Å². The highest BCUT2D eigenvalue weighted by Crippen LogP contribution is 2.40. The fourth-order valence-corrected chi connectivity index (χ4v) is 5.53. The number of rotatable bonds is 9. The molecule has 0 spiro atoms. The second-order valence-electron chi connectivity index (χ2n) is 9.81. The van der Waals surface area contributed by atoms with E-state index >= 15 is 0 Å². The minimum absolute atomic E-state index is 0.0149. The number of ether oxygens (including phenoxy) is 2. The summed E-state index contributed by atoms with van der Waals surface area (Å²) in [6.45, 7) is 1.47.